The lowest BCUT2D eigenvalue weighted by Gasteiger charge is -2.06. The average molecular weight is 187 g/mol. The summed E-state index contributed by atoms with van der Waals surface area (Å²) in [5.74, 6) is 0.385. The zero-order chi connectivity index (χ0) is 10.1. The Morgan fingerprint density at radius 3 is 2.71 bits per heavy atom. The van der Waals surface area contributed by atoms with Gasteiger partial charge in [0.15, 0.2) is 0 Å². The molecule has 0 fully saturated rings. The standard InChI is InChI=1S/C11H13N3/c1-7(2)10-11-9(4-5-12-10)14-8(3)6-13-11/h4-7H,1-3H3. The van der Waals surface area contributed by atoms with Crippen LogP contribution in [0.15, 0.2) is 18.5 Å². The number of nitrogens with zero attached hydrogens (tertiary/aromatic N) is 3. The van der Waals surface area contributed by atoms with E-state index in [1.165, 1.54) is 0 Å². The molecule has 2 aromatic rings. The van der Waals surface area contributed by atoms with Crippen LogP contribution in [-0.4, -0.2) is 15.0 Å². The summed E-state index contributed by atoms with van der Waals surface area (Å²) in [5, 5.41) is 0. The van der Waals surface area contributed by atoms with Crippen molar-refractivity contribution in [2.75, 3.05) is 0 Å². The Morgan fingerprint density at radius 1 is 1.21 bits per heavy atom. The topological polar surface area (TPSA) is 38.7 Å². The highest BCUT2D eigenvalue weighted by Crippen LogP contribution is 2.19. The molecule has 2 heterocycles. The molecule has 2 aromatic heterocycles. The summed E-state index contributed by atoms with van der Waals surface area (Å²) in [4.78, 5) is 13.1. The first-order valence-corrected chi connectivity index (χ1v) is 4.76. The molecule has 0 aliphatic rings. The van der Waals surface area contributed by atoms with Gasteiger partial charge in [0.1, 0.15) is 5.52 Å². The Bertz CT molecular complexity index is 463. The molecule has 0 bridgehead atoms. The summed E-state index contributed by atoms with van der Waals surface area (Å²) in [6.07, 6.45) is 3.58. The van der Waals surface area contributed by atoms with Crippen molar-refractivity contribution in [2.24, 2.45) is 0 Å². The van der Waals surface area contributed by atoms with Crippen molar-refractivity contribution in [3.05, 3.63) is 29.8 Å². The van der Waals surface area contributed by atoms with Crippen LogP contribution >= 0.6 is 0 Å². The van der Waals surface area contributed by atoms with Crippen molar-refractivity contribution < 1.29 is 0 Å². The first-order valence-electron chi connectivity index (χ1n) is 4.76. The molecule has 0 amide bonds. The Hall–Kier alpha value is -1.51. The molecule has 0 spiro atoms. The highest BCUT2D eigenvalue weighted by molar-refractivity contribution is 5.76. The third-order valence-corrected chi connectivity index (χ3v) is 2.16. The highest BCUT2D eigenvalue weighted by atomic mass is 14.8. The van der Waals surface area contributed by atoms with E-state index < -0.39 is 0 Å². The van der Waals surface area contributed by atoms with Gasteiger partial charge in [-0.25, -0.2) is 4.98 Å². The third-order valence-electron chi connectivity index (χ3n) is 2.16. The van der Waals surface area contributed by atoms with Gasteiger partial charge >= 0.3 is 0 Å². The van der Waals surface area contributed by atoms with Crippen molar-refractivity contribution in [3.63, 3.8) is 0 Å². The van der Waals surface area contributed by atoms with Gasteiger partial charge in [0, 0.05) is 12.4 Å². The zero-order valence-electron chi connectivity index (χ0n) is 8.65. The van der Waals surface area contributed by atoms with Crippen LogP contribution in [0, 0.1) is 6.92 Å². The van der Waals surface area contributed by atoms with E-state index in [1.807, 2.05) is 13.0 Å². The maximum Gasteiger partial charge on any atom is 0.110 e. The molecule has 3 nitrogen and oxygen atoms in total. The van der Waals surface area contributed by atoms with Gasteiger partial charge in [-0.05, 0) is 18.9 Å². The highest BCUT2D eigenvalue weighted by Gasteiger charge is 2.07. The Morgan fingerprint density at radius 2 is 2.00 bits per heavy atom. The fraction of sp³-hybridized carbons (Fsp3) is 0.364. The minimum atomic E-state index is 0.385. The van der Waals surface area contributed by atoms with Crippen LogP contribution in [0.25, 0.3) is 11.0 Å². The maximum atomic E-state index is 4.42. The van der Waals surface area contributed by atoms with Crippen LogP contribution in [0.4, 0.5) is 0 Å². The molecule has 0 unspecified atom stereocenters. The molecule has 0 saturated heterocycles. The first kappa shape index (κ1) is 9.06. The number of pyridine rings is 1. The summed E-state index contributed by atoms with van der Waals surface area (Å²) in [6.45, 7) is 6.18. The molecule has 3 heteroatoms. The van der Waals surface area contributed by atoms with E-state index in [2.05, 4.69) is 28.8 Å². The van der Waals surface area contributed by atoms with Gasteiger partial charge in [0.25, 0.3) is 0 Å². The normalized spacial score (nSPS) is 11.1. The van der Waals surface area contributed by atoms with E-state index in [0.29, 0.717) is 5.92 Å². The molecule has 72 valence electrons. The summed E-state index contributed by atoms with van der Waals surface area (Å²) in [7, 11) is 0. The lowest BCUT2D eigenvalue weighted by molar-refractivity contribution is 0.829. The lowest BCUT2D eigenvalue weighted by Crippen LogP contribution is -1.97. The Labute approximate surface area is 83.2 Å². The number of aryl methyl sites for hydroxylation is 1. The second-order valence-electron chi connectivity index (χ2n) is 3.73. The Balaban J connectivity index is 2.75. The SMILES string of the molecule is Cc1cnc2c(C(C)C)nccc2n1. The smallest absolute Gasteiger partial charge is 0.110 e. The van der Waals surface area contributed by atoms with Crippen molar-refractivity contribution in [2.45, 2.75) is 26.7 Å². The molecule has 0 aliphatic carbocycles. The quantitative estimate of drug-likeness (QED) is 0.688. The summed E-state index contributed by atoms with van der Waals surface area (Å²) in [6, 6.07) is 1.90. The van der Waals surface area contributed by atoms with Crippen LogP contribution in [0.1, 0.15) is 31.2 Å². The summed E-state index contributed by atoms with van der Waals surface area (Å²) in [5.41, 5.74) is 3.82. The largest absolute Gasteiger partial charge is 0.259 e. The fourth-order valence-corrected chi connectivity index (χ4v) is 1.48. The molecule has 14 heavy (non-hydrogen) atoms. The second kappa shape index (κ2) is 3.33. The van der Waals surface area contributed by atoms with E-state index in [0.717, 1.165) is 22.4 Å². The second-order valence-corrected chi connectivity index (χ2v) is 3.73. The number of fused-ring (bicyclic) bond motifs is 1. The predicted molar refractivity (Wildman–Crippen MR) is 56.2 cm³/mol. The van der Waals surface area contributed by atoms with Gasteiger partial charge in [-0.2, -0.15) is 0 Å². The molecule has 0 radical (unpaired) electrons. The number of hydrogen-bond acceptors (Lipinski definition) is 3. The van der Waals surface area contributed by atoms with E-state index in [9.17, 15) is 0 Å². The van der Waals surface area contributed by atoms with Crippen LogP contribution in [0.3, 0.4) is 0 Å². The molecule has 0 N–H and O–H groups in total. The molecule has 0 saturated carbocycles. The molecule has 0 aliphatic heterocycles. The minimum absolute atomic E-state index is 0.385. The van der Waals surface area contributed by atoms with Crippen LogP contribution in [0.5, 0.6) is 0 Å². The van der Waals surface area contributed by atoms with E-state index in [-0.39, 0.29) is 0 Å². The van der Waals surface area contributed by atoms with E-state index in [1.54, 1.807) is 12.4 Å². The summed E-state index contributed by atoms with van der Waals surface area (Å²) >= 11 is 0. The van der Waals surface area contributed by atoms with Gasteiger partial charge in [-0.15, -0.1) is 0 Å². The van der Waals surface area contributed by atoms with Crippen molar-refractivity contribution in [3.8, 4) is 0 Å². The van der Waals surface area contributed by atoms with Crippen LogP contribution < -0.4 is 0 Å². The van der Waals surface area contributed by atoms with Crippen molar-refractivity contribution in [1.29, 1.82) is 0 Å². The Kier molecular flexibility index (Phi) is 2.15. The van der Waals surface area contributed by atoms with E-state index >= 15 is 0 Å². The average Bonchev–Trinajstić information content (AvgIpc) is 2.16. The van der Waals surface area contributed by atoms with Gasteiger partial charge in [0.05, 0.1) is 16.9 Å². The lowest BCUT2D eigenvalue weighted by atomic mass is 10.1. The monoisotopic (exact) mass is 187 g/mol. The van der Waals surface area contributed by atoms with Crippen LogP contribution in [0.2, 0.25) is 0 Å². The van der Waals surface area contributed by atoms with Gasteiger partial charge < -0.3 is 0 Å². The molecule has 2 rings (SSSR count). The molecular weight excluding hydrogens is 174 g/mol. The first-order chi connectivity index (χ1) is 6.68. The molecular formula is C11H13N3. The van der Waals surface area contributed by atoms with Gasteiger partial charge in [-0.1, -0.05) is 13.8 Å². The maximum absolute atomic E-state index is 4.42. The predicted octanol–water partition coefficient (Wildman–Crippen LogP) is 2.46. The van der Waals surface area contributed by atoms with Gasteiger partial charge in [0.2, 0.25) is 0 Å². The fourth-order valence-electron chi connectivity index (χ4n) is 1.48. The number of hydrogen-bond donors (Lipinski definition) is 0. The van der Waals surface area contributed by atoms with Crippen molar-refractivity contribution in [1.82, 2.24) is 15.0 Å². The van der Waals surface area contributed by atoms with Gasteiger partial charge in [-0.3, -0.25) is 9.97 Å². The summed E-state index contributed by atoms with van der Waals surface area (Å²) < 4.78 is 0. The van der Waals surface area contributed by atoms with Crippen LogP contribution in [-0.2, 0) is 0 Å². The van der Waals surface area contributed by atoms with Crippen molar-refractivity contribution >= 4 is 11.0 Å². The van der Waals surface area contributed by atoms with E-state index in [4.69, 9.17) is 0 Å². The molecule has 0 aromatic carbocycles. The zero-order valence-corrected chi connectivity index (χ0v) is 8.65. The third kappa shape index (κ3) is 1.45. The number of aromatic nitrogens is 3. The number of rotatable bonds is 1. The molecule has 0 atom stereocenters. The minimum Gasteiger partial charge on any atom is -0.259 e.